The lowest BCUT2D eigenvalue weighted by Crippen LogP contribution is -2.50. The molecule has 0 spiro atoms. The zero-order chi connectivity index (χ0) is 23.4. The summed E-state index contributed by atoms with van der Waals surface area (Å²) < 4.78 is 23.9. The zero-order valence-corrected chi connectivity index (χ0v) is 20.0. The highest BCUT2D eigenvalue weighted by Gasteiger charge is 2.74. The van der Waals surface area contributed by atoms with E-state index < -0.39 is 17.1 Å². The maximum atomic E-state index is 13.7. The molecule has 1 aliphatic carbocycles. The average Bonchev–Trinajstić information content (AvgIpc) is 3.24. The SMILES string of the molecule is COc1ccc([C@@]23Oc4cc(OC)cc(OC)c4[C@]2(O)C(=O)C[C@H]3c2ccc(Br)cc2)cc1. The van der Waals surface area contributed by atoms with Crippen LogP contribution >= 0.6 is 15.9 Å². The van der Waals surface area contributed by atoms with Crippen LogP contribution in [-0.4, -0.2) is 32.2 Å². The molecule has 0 saturated heterocycles. The van der Waals surface area contributed by atoms with Crippen molar-refractivity contribution in [1.29, 1.82) is 0 Å². The summed E-state index contributed by atoms with van der Waals surface area (Å²) >= 11 is 3.47. The molecule has 0 amide bonds. The van der Waals surface area contributed by atoms with Crippen molar-refractivity contribution in [3.05, 3.63) is 81.8 Å². The lowest BCUT2D eigenvalue weighted by molar-refractivity contribution is -0.151. The van der Waals surface area contributed by atoms with Gasteiger partial charge in [0.15, 0.2) is 17.0 Å². The Labute approximate surface area is 200 Å². The first-order valence-electron chi connectivity index (χ1n) is 10.5. The Kier molecular flexibility index (Phi) is 5.14. The van der Waals surface area contributed by atoms with Crippen molar-refractivity contribution in [3.63, 3.8) is 0 Å². The number of Topliss-reactive ketones (excluding diaryl/α,β-unsaturated/α-hetero) is 1. The van der Waals surface area contributed by atoms with Crippen molar-refractivity contribution in [2.45, 2.75) is 23.5 Å². The fraction of sp³-hybridized carbons (Fsp3) is 0.269. The second kappa shape index (κ2) is 7.78. The number of carbonyl (C=O) groups excluding carboxylic acids is 1. The van der Waals surface area contributed by atoms with Crippen LogP contribution in [0.5, 0.6) is 23.0 Å². The molecule has 1 N–H and O–H groups in total. The Morgan fingerprint density at radius 2 is 1.61 bits per heavy atom. The van der Waals surface area contributed by atoms with Gasteiger partial charge in [-0.15, -0.1) is 0 Å². The van der Waals surface area contributed by atoms with Crippen molar-refractivity contribution in [3.8, 4) is 23.0 Å². The molecule has 3 aromatic rings. The van der Waals surface area contributed by atoms with Crippen LogP contribution in [-0.2, 0) is 16.0 Å². The Morgan fingerprint density at radius 3 is 2.21 bits per heavy atom. The monoisotopic (exact) mass is 510 g/mol. The van der Waals surface area contributed by atoms with Gasteiger partial charge in [-0.1, -0.05) is 40.2 Å². The zero-order valence-electron chi connectivity index (χ0n) is 18.4. The second-order valence-corrected chi connectivity index (χ2v) is 9.13. The summed E-state index contributed by atoms with van der Waals surface area (Å²) in [4.78, 5) is 13.7. The molecule has 0 aromatic heterocycles. The predicted molar refractivity (Wildman–Crippen MR) is 125 cm³/mol. The maximum Gasteiger partial charge on any atom is 0.200 e. The molecule has 1 fully saturated rings. The maximum absolute atomic E-state index is 13.7. The number of rotatable bonds is 5. The van der Waals surface area contributed by atoms with Crippen LogP contribution in [0.3, 0.4) is 0 Å². The van der Waals surface area contributed by atoms with E-state index in [1.54, 1.807) is 38.5 Å². The molecule has 3 atom stereocenters. The number of ketones is 1. The smallest absolute Gasteiger partial charge is 0.200 e. The van der Waals surface area contributed by atoms with Gasteiger partial charge >= 0.3 is 0 Å². The van der Waals surface area contributed by atoms with Crippen LogP contribution in [0, 0.1) is 0 Å². The molecule has 5 rings (SSSR count). The number of carbonyl (C=O) groups is 1. The van der Waals surface area contributed by atoms with Gasteiger partial charge in [0, 0.05) is 34.5 Å². The number of ether oxygens (including phenoxy) is 4. The summed E-state index contributed by atoms with van der Waals surface area (Å²) in [5.74, 6) is 1.10. The summed E-state index contributed by atoms with van der Waals surface area (Å²) in [6.07, 6.45) is 0.110. The standard InChI is InChI=1S/C26H23BrO6/c1-30-18-10-6-16(7-11-18)26-20(15-4-8-17(27)9-5-15)14-23(28)25(26,29)24-21(32-3)12-19(31-2)13-22(24)33-26/h4-13,20,29H,14H2,1-3H3/t20-,25+,26-/m0/s1. The van der Waals surface area contributed by atoms with E-state index >= 15 is 0 Å². The highest BCUT2D eigenvalue weighted by molar-refractivity contribution is 9.10. The number of hydrogen-bond acceptors (Lipinski definition) is 6. The third-order valence-electron chi connectivity index (χ3n) is 6.74. The molecule has 6 nitrogen and oxygen atoms in total. The molecule has 1 heterocycles. The van der Waals surface area contributed by atoms with Gasteiger partial charge in [-0.2, -0.15) is 0 Å². The Morgan fingerprint density at radius 1 is 0.939 bits per heavy atom. The van der Waals surface area contributed by atoms with Gasteiger partial charge in [0.1, 0.15) is 23.0 Å². The van der Waals surface area contributed by atoms with E-state index in [9.17, 15) is 9.90 Å². The van der Waals surface area contributed by atoms with Gasteiger partial charge in [0.05, 0.1) is 26.9 Å². The predicted octanol–water partition coefficient (Wildman–Crippen LogP) is 4.71. The second-order valence-electron chi connectivity index (χ2n) is 8.21. The van der Waals surface area contributed by atoms with Gasteiger partial charge in [-0.05, 0) is 29.8 Å². The largest absolute Gasteiger partial charge is 0.497 e. The van der Waals surface area contributed by atoms with Crippen LogP contribution in [0.2, 0.25) is 0 Å². The first kappa shape index (κ1) is 21.8. The van der Waals surface area contributed by atoms with Crippen molar-refractivity contribution < 1.29 is 28.8 Å². The summed E-state index contributed by atoms with van der Waals surface area (Å²) in [5.41, 5.74) is -1.47. The fourth-order valence-electron chi connectivity index (χ4n) is 5.22. The summed E-state index contributed by atoms with van der Waals surface area (Å²) in [7, 11) is 4.63. The Bertz CT molecular complexity index is 1220. The molecule has 3 aromatic carbocycles. The molecule has 0 unspecified atom stereocenters. The molecule has 33 heavy (non-hydrogen) atoms. The molecule has 0 bridgehead atoms. The molecule has 170 valence electrons. The van der Waals surface area contributed by atoms with E-state index in [0.29, 0.717) is 34.1 Å². The third kappa shape index (κ3) is 2.92. The van der Waals surface area contributed by atoms with Gasteiger partial charge in [-0.25, -0.2) is 0 Å². The minimum absolute atomic E-state index is 0.110. The van der Waals surface area contributed by atoms with E-state index in [1.165, 1.54) is 7.11 Å². The number of halogens is 1. The van der Waals surface area contributed by atoms with Gasteiger partial charge in [0.25, 0.3) is 0 Å². The molecule has 7 heteroatoms. The fourth-order valence-corrected chi connectivity index (χ4v) is 5.48. The highest BCUT2D eigenvalue weighted by atomic mass is 79.9. The summed E-state index contributed by atoms with van der Waals surface area (Å²) in [6, 6.07) is 18.4. The van der Waals surface area contributed by atoms with Crippen molar-refractivity contribution in [1.82, 2.24) is 0 Å². The normalized spacial score (nSPS) is 25.2. The quantitative estimate of drug-likeness (QED) is 0.535. The minimum atomic E-state index is -1.95. The van der Waals surface area contributed by atoms with Gasteiger partial charge in [0.2, 0.25) is 0 Å². The average molecular weight is 511 g/mol. The molecular formula is C26H23BrO6. The van der Waals surface area contributed by atoms with E-state index in [2.05, 4.69) is 15.9 Å². The van der Waals surface area contributed by atoms with E-state index in [0.717, 1.165) is 10.0 Å². The molecule has 1 aliphatic heterocycles. The van der Waals surface area contributed by atoms with E-state index in [-0.39, 0.29) is 12.2 Å². The number of aliphatic hydroxyl groups is 1. The van der Waals surface area contributed by atoms with Crippen LogP contribution in [0.1, 0.15) is 29.0 Å². The highest BCUT2D eigenvalue weighted by Crippen LogP contribution is 2.67. The minimum Gasteiger partial charge on any atom is -0.497 e. The molecular weight excluding hydrogens is 488 g/mol. The van der Waals surface area contributed by atoms with Gasteiger partial charge in [-0.3, -0.25) is 4.79 Å². The Balaban J connectivity index is 1.81. The molecule has 1 saturated carbocycles. The summed E-state index contributed by atoms with van der Waals surface area (Å²) in [6.45, 7) is 0. The molecule has 0 radical (unpaired) electrons. The van der Waals surface area contributed by atoms with Crippen molar-refractivity contribution >= 4 is 21.7 Å². The number of hydrogen-bond donors (Lipinski definition) is 1. The van der Waals surface area contributed by atoms with Crippen molar-refractivity contribution in [2.24, 2.45) is 0 Å². The number of benzene rings is 3. The lowest BCUT2D eigenvalue weighted by Gasteiger charge is -2.39. The van der Waals surface area contributed by atoms with Crippen LogP contribution in [0.4, 0.5) is 0 Å². The Hall–Kier alpha value is -3.03. The number of methoxy groups -OCH3 is 3. The van der Waals surface area contributed by atoms with Crippen molar-refractivity contribution in [2.75, 3.05) is 21.3 Å². The first-order chi connectivity index (χ1) is 15.9. The van der Waals surface area contributed by atoms with Crippen LogP contribution < -0.4 is 18.9 Å². The first-order valence-corrected chi connectivity index (χ1v) is 11.3. The lowest BCUT2D eigenvalue weighted by atomic mass is 9.71. The van der Waals surface area contributed by atoms with Crippen LogP contribution in [0.15, 0.2) is 65.1 Å². The molecule has 2 aliphatic rings. The van der Waals surface area contributed by atoms with Gasteiger partial charge < -0.3 is 24.1 Å². The summed E-state index contributed by atoms with van der Waals surface area (Å²) in [5, 5.41) is 12.3. The topological polar surface area (TPSA) is 74.2 Å². The van der Waals surface area contributed by atoms with Crippen LogP contribution in [0.25, 0.3) is 0 Å². The number of fused-ring (bicyclic) bond motifs is 3. The van der Waals surface area contributed by atoms with E-state index in [1.807, 2.05) is 36.4 Å². The third-order valence-corrected chi connectivity index (χ3v) is 7.27. The van der Waals surface area contributed by atoms with E-state index in [4.69, 9.17) is 18.9 Å².